The van der Waals surface area contributed by atoms with E-state index in [9.17, 15) is 4.79 Å². The van der Waals surface area contributed by atoms with E-state index < -0.39 is 0 Å². The fourth-order valence-electron chi connectivity index (χ4n) is 2.27. The van der Waals surface area contributed by atoms with Crippen molar-refractivity contribution in [3.05, 3.63) is 22.7 Å². The predicted molar refractivity (Wildman–Crippen MR) is 83.2 cm³/mol. The molecule has 6 heteroatoms. The molecule has 0 aliphatic carbocycles. The van der Waals surface area contributed by atoms with E-state index in [1.54, 1.807) is 19.2 Å². The Hall–Kier alpha value is -1.30. The molecule has 1 heterocycles. The Kier molecular flexibility index (Phi) is 5.85. The molecule has 0 saturated carbocycles. The maximum atomic E-state index is 12.0. The molecule has 5 nitrogen and oxygen atoms in total. The highest BCUT2D eigenvalue weighted by Crippen LogP contribution is 2.30. The molecule has 116 valence electrons. The molecule has 1 aliphatic rings. The number of methoxy groups -OCH3 is 1. The van der Waals surface area contributed by atoms with E-state index in [0.29, 0.717) is 16.5 Å². The number of carbonyl (C=O) groups excluding carboxylic acids is 1. The van der Waals surface area contributed by atoms with Gasteiger partial charge in [-0.3, -0.25) is 4.79 Å². The van der Waals surface area contributed by atoms with Crippen molar-refractivity contribution in [3.8, 4) is 5.75 Å². The number of halogens is 1. The minimum absolute atomic E-state index is 0.0511. The van der Waals surface area contributed by atoms with Crippen LogP contribution < -0.4 is 15.4 Å². The SMILES string of the molecule is COc1cc(Cl)c(C)cc1NC(=O)COC1CCNCC1. The highest BCUT2D eigenvalue weighted by molar-refractivity contribution is 6.31. The van der Waals surface area contributed by atoms with Crippen molar-refractivity contribution in [1.82, 2.24) is 5.32 Å². The van der Waals surface area contributed by atoms with E-state index in [4.69, 9.17) is 21.1 Å². The van der Waals surface area contributed by atoms with Gasteiger partial charge in [-0.1, -0.05) is 11.6 Å². The Labute approximate surface area is 130 Å². The molecule has 0 atom stereocenters. The average Bonchev–Trinajstić information content (AvgIpc) is 2.49. The summed E-state index contributed by atoms with van der Waals surface area (Å²) in [5.74, 6) is 0.356. The molecule has 1 aromatic carbocycles. The third-order valence-electron chi connectivity index (χ3n) is 3.49. The summed E-state index contributed by atoms with van der Waals surface area (Å²) < 4.78 is 10.9. The zero-order chi connectivity index (χ0) is 15.2. The van der Waals surface area contributed by atoms with E-state index >= 15 is 0 Å². The fourth-order valence-corrected chi connectivity index (χ4v) is 2.43. The number of piperidine rings is 1. The van der Waals surface area contributed by atoms with E-state index in [1.807, 2.05) is 6.92 Å². The smallest absolute Gasteiger partial charge is 0.250 e. The van der Waals surface area contributed by atoms with Crippen LogP contribution in [-0.2, 0) is 9.53 Å². The van der Waals surface area contributed by atoms with Crippen LogP contribution in [0.2, 0.25) is 5.02 Å². The van der Waals surface area contributed by atoms with Crippen LogP contribution in [0.15, 0.2) is 12.1 Å². The van der Waals surface area contributed by atoms with Crippen molar-refractivity contribution in [3.63, 3.8) is 0 Å². The molecular weight excluding hydrogens is 292 g/mol. The molecule has 21 heavy (non-hydrogen) atoms. The predicted octanol–water partition coefficient (Wildman–Crippen LogP) is 2.36. The van der Waals surface area contributed by atoms with Gasteiger partial charge in [0.25, 0.3) is 0 Å². The molecule has 2 N–H and O–H groups in total. The second kappa shape index (κ2) is 7.64. The first-order valence-electron chi connectivity index (χ1n) is 7.06. The molecule has 1 saturated heterocycles. The van der Waals surface area contributed by atoms with Crippen LogP contribution in [0.3, 0.4) is 0 Å². The lowest BCUT2D eigenvalue weighted by molar-refractivity contribution is -0.123. The first-order valence-corrected chi connectivity index (χ1v) is 7.44. The minimum Gasteiger partial charge on any atom is -0.495 e. The van der Waals surface area contributed by atoms with Gasteiger partial charge in [0.1, 0.15) is 12.4 Å². The number of aryl methyl sites for hydroxylation is 1. The molecule has 1 aliphatic heterocycles. The molecule has 0 unspecified atom stereocenters. The summed E-state index contributed by atoms with van der Waals surface area (Å²) in [6, 6.07) is 3.49. The number of amides is 1. The molecule has 1 aromatic rings. The summed E-state index contributed by atoms with van der Waals surface area (Å²) in [5.41, 5.74) is 1.49. The molecular formula is C15H21ClN2O3. The van der Waals surface area contributed by atoms with E-state index in [0.717, 1.165) is 31.5 Å². The summed E-state index contributed by atoms with van der Waals surface area (Å²) in [7, 11) is 1.54. The maximum absolute atomic E-state index is 12.0. The zero-order valence-corrected chi connectivity index (χ0v) is 13.1. The van der Waals surface area contributed by atoms with Gasteiger partial charge in [-0.05, 0) is 44.5 Å². The lowest BCUT2D eigenvalue weighted by Gasteiger charge is -2.22. The van der Waals surface area contributed by atoms with Gasteiger partial charge in [0.2, 0.25) is 5.91 Å². The van der Waals surface area contributed by atoms with Crippen LogP contribution in [0.1, 0.15) is 18.4 Å². The number of nitrogens with one attached hydrogen (secondary N) is 2. The van der Waals surface area contributed by atoms with Crippen molar-refractivity contribution in [2.45, 2.75) is 25.9 Å². The number of ether oxygens (including phenoxy) is 2. The van der Waals surface area contributed by atoms with Crippen LogP contribution in [0.4, 0.5) is 5.69 Å². The van der Waals surface area contributed by atoms with Crippen molar-refractivity contribution < 1.29 is 14.3 Å². The van der Waals surface area contributed by atoms with Gasteiger partial charge in [-0.25, -0.2) is 0 Å². The summed E-state index contributed by atoms with van der Waals surface area (Å²) >= 11 is 6.04. The Morgan fingerprint density at radius 1 is 1.43 bits per heavy atom. The number of hydrogen-bond donors (Lipinski definition) is 2. The molecule has 0 radical (unpaired) electrons. The average molecular weight is 313 g/mol. The highest BCUT2D eigenvalue weighted by Gasteiger charge is 2.16. The minimum atomic E-state index is -0.187. The Morgan fingerprint density at radius 3 is 2.81 bits per heavy atom. The fraction of sp³-hybridized carbons (Fsp3) is 0.533. The molecule has 0 bridgehead atoms. The number of rotatable bonds is 5. The maximum Gasteiger partial charge on any atom is 0.250 e. The topological polar surface area (TPSA) is 59.6 Å². The Bertz CT molecular complexity index is 502. The molecule has 1 amide bonds. The largest absolute Gasteiger partial charge is 0.495 e. The Morgan fingerprint density at radius 2 is 2.14 bits per heavy atom. The standard InChI is InChI=1S/C15H21ClN2O3/c1-10-7-13(14(20-2)8-12(10)16)18-15(19)9-21-11-3-5-17-6-4-11/h7-8,11,17H,3-6,9H2,1-2H3,(H,18,19). The van der Waals surface area contributed by atoms with Crippen molar-refractivity contribution in [1.29, 1.82) is 0 Å². The van der Waals surface area contributed by atoms with E-state index in [-0.39, 0.29) is 18.6 Å². The normalized spacial score (nSPS) is 15.8. The molecule has 0 aromatic heterocycles. The number of carbonyl (C=O) groups is 1. The van der Waals surface area contributed by atoms with Gasteiger partial charge in [0.15, 0.2) is 0 Å². The number of anilines is 1. The first kappa shape index (κ1) is 16.1. The molecule has 2 rings (SSSR count). The second-order valence-electron chi connectivity index (χ2n) is 5.11. The summed E-state index contributed by atoms with van der Waals surface area (Å²) in [6.07, 6.45) is 2.04. The van der Waals surface area contributed by atoms with E-state index in [1.165, 1.54) is 0 Å². The van der Waals surface area contributed by atoms with Crippen molar-refractivity contribution in [2.24, 2.45) is 0 Å². The van der Waals surface area contributed by atoms with Gasteiger partial charge in [-0.15, -0.1) is 0 Å². The van der Waals surface area contributed by atoms with Crippen LogP contribution in [0, 0.1) is 6.92 Å². The summed E-state index contributed by atoms with van der Waals surface area (Å²) in [4.78, 5) is 12.0. The highest BCUT2D eigenvalue weighted by atomic mass is 35.5. The summed E-state index contributed by atoms with van der Waals surface area (Å²) in [6.45, 7) is 3.81. The van der Waals surface area contributed by atoms with Crippen molar-refractivity contribution >= 4 is 23.2 Å². The summed E-state index contributed by atoms with van der Waals surface area (Å²) in [5, 5.41) is 6.67. The van der Waals surface area contributed by atoms with Crippen LogP contribution in [0.5, 0.6) is 5.75 Å². The molecule has 1 fully saturated rings. The van der Waals surface area contributed by atoms with Crippen molar-refractivity contribution in [2.75, 3.05) is 32.1 Å². The van der Waals surface area contributed by atoms with Gasteiger partial charge >= 0.3 is 0 Å². The van der Waals surface area contributed by atoms with Crippen LogP contribution in [-0.4, -0.2) is 38.8 Å². The lowest BCUT2D eigenvalue weighted by Crippen LogP contribution is -2.34. The van der Waals surface area contributed by atoms with E-state index in [2.05, 4.69) is 10.6 Å². The van der Waals surface area contributed by atoms with Crippen LogP contribution >= 0.6 is 11.6 Å². The zero-order valence-electron chi connectivity index (χ0n) is 12.4. The third kappa shape index (κ3) is 4.59. The number of hydrogen-bond acceptors (Lipinski definition) is 4. The van der Waals surface area contributed by atoms with Gasteiger partial charge in [-0.2, -0.15) is 0 Å². The quantitative estimate of drug-likeness (QED) is 0.876. The number of benzene rings is 1. The molecule has 0 spiro atoms. The monoisotopic (exact) mass is 312 g/mol. The second-order valence-corrected chi connectivity index (χ2v) is 5.52. The van der Waals surface area contributed by atoms with Gasteiger partial charge in [0, 0.05) is 11.1 Å². The van der Waals surface area contributed by atoms with Gasteiger partial charge in [0.05, 0.1) is 18.9 Å². The third-order valence-corrected chi connectivity index (χ3v) is 3.90. The van der Waals surface area contributed by atoms with Crippen LogP contribution in [0.25, 0.3) is 0 Å². The Balaban J connectivity index is 1.91. The lowest BCUT2D eigenvalue weighted by atomic mass is 10.1. The first-order chi connectivity index (χ1) is 10.1. The van der Waals surface area contributed by atoms with Gasteiger partial charge < -0.3 is 20.1 Å².